The first-order chi connectivity index (χ1) is 7.74. The predicted molar refractivity (Wildman–Crippen MR) is 63.7 cm³/mol. The van der Waals surface area contributed by atoms with E-state index in [1.807, 2.05) is 0 Å². The Hall–Kier alpha value is -1.46. The van der Waals surface area contributed by atoms with Crippen molar-refractivity contribution in [1.82, 2.24) is 4.98 Å². The van der Waals surface area contributed by atoms with Gasteiger partial charge in [0, 0.05) is 18.1 Å². The molecule has 1 heterocycles. The Morgan fingerprint density at radius 3 is 2.69 bits per heavy atom. The Bertz CT molecular complexity index is 315. The van der Waals surface area contributed by atoms with E-state index in [1.54, 1.807) is 24.5 Å². The molecule has 0 saturated heterocycles. The van der Waals surface area contributed by atoms with Crippen LogP contribution in [0.4, 0.5) is 5.69 Å². The first-order valence-electron chi connectivity index (χ1n) is 5.40. The zero-order valence-corrected chi connectivity index (χ0v) is 9.23. The van der Waals surface area contributed by atoms with Crippen molar-refractivity contribution in [3.05, 3.63) is 24.5 Å². The van der Waals surface area contributed by atoms with Crippen LogP contribution in [0.25, 0.3) is 0 Å². The minimum Gasteiger partial charge on any atom is -0.330 e. The Labute approximate surface area is 95.2 Å². The van der Waals surface area contributed by atoms with Gasteiger partial charge >= 0.3 is 0 Å². The number of hydrogen-bond acceptors (Lipinski definition) is 4. The van der Waals surface area contributed by atoms with Crippen LogP contribution in [0.15, 0.2) is 24.5 Å². The molecule has 5 nitrogen and oxygen atoms in total. The first-order valence-corrected chi connectivity index (χ1v) is 5.40. The molecule has 1 rings (SSSR count). The summed E-state index contributed by atoms with van der Waals surface area (Å²) in [6.07, 6.45) is 5.68. The molecule has 1 atom stereocenters. The average molecular weight is 222 g/mol. The fraction of sp³-hybridized carbons (Fsp3) is 0.455. The number of pyridine rings is 1. The Morgan fingerprint density at radius 1 is 1.38 bits per heavy atom. The number of hydrogen-bond donors (Lipinski definition) is 3. The van der Waals surface area contributed by atoms with Crippen molar-refractivity contribution in [2.75, 3.05) is 11.9 Å². The topological polar surface area (TPSA) is 94.0 Å². The highest BCUT2D eigenvalue weighted by molar-refractivity contribution is 5.94. The molecule has 1 aromatic heterocycles. The maximum absolute atomic E-state index is 11.6. The second-order valence-electron chi connectivity index (χ2n) is 3.62. The van der Waals surface area contributed by atoms with Crippen LogP contribution in [0, 0.1) is 0 Å². The highest BCUT2D eigenvalue weighted by atomic mass is 16.2. The molecule has 0 aliphatic rings. The molecule has 0 unspecified atom stereocenters. The van der Waals surface area contributed by atoms with Gasteiger partial charge in [0.25, 0.3) is 0 Å². The lowest BCUT2D eigenvalue weighted by molar-refractivity contribution is -0.117. The molecule has 5 heteroatoms. The van der Waals surface area contributed by atoms with Crippen LogP contribution >= 0.6 is 0 Å². The van der Waals surface area contributed by atoms with Crippen molar-refractivity contribution in [3.63, 3.8) is 0 Å². The number of nitrogens with zero attached hydrogens (tertiary/aromatic N) is 1. The zero-order valence-electron chi connectivity index (χ0n) is 9.23. The first kappa shape index (κ1) is 12.6. The van der Waals surface area contributed by atoms with Gasteiger partial charge in [-0.15, -0.1) is 0 Å². The summed E-state index contributed by atoms with van der Waals surface area (Å²) in [6, 6.07) is 2.98. The lowest BCUT2D eigenvalue weighted by atomic mass is 10.1. The molecule has 0 fully saturated rings. The fourth-order valence-corrected chi connectivity index (χ4v) is 1.31. The normalized spacial score (nSPS) is 12.1. The number of rotatable bonds is 6. The molecule has 0 bridgehead atoms. The van der Waals surface area contributed by atoms with Gasteiger partial charge in [-0.3, -0.25) is 9.78 Å². The summed E-state index contributed by atoms with van der Waals surface area (Å²) in [5.74, 6) is -0.164. The molecule has 0 aliphatic carbocycles. The van der Waals surface area contributed by atoms with Crippen LogP contribution in [0.3, 0.4) is 0 Å². The third-order valence-electron chi connectivity index (χ3n) is 2.25. The monoisotopic (exact) mass is 222 g/mol. The van der Waals surface area contributed by atoms with Crippen LogP contribution in [-0.2, 0) is 4.79 Å². The summed E-state index contributed by atoms with van der Waals surface area (Å²) in [5.41, 5.74) is 11.8. The van der Waals surface area contributed by atoms with Crippen molar-refractivity contribution >= 4 is 11.6 Å². The number of aromatic nitrogens is 1. The highest BCUT2D eigenvalue weighted by Gasteiger charge is 2.12. The van der Waals surface area contributed by atoms with Crippen molar-refractivity contribution in [1.29, 1.82) is 0 Å². The van der Waals surface area contributed by atoms with Crippen LogP contribution in [0.2, 0.25) is 0 Å². The van der Waals surface area contributed by atoms with E-state index in [4.69, 9.17) is 11.5 Å². The van der Waals surface area contributed by atoms with Crippen molar-refractivity contribution in [2.24, 2.45) is 11.5 Å². The van der Waals surface area contributed by atoms with Gasteiger partial charge in [0.1, 0.15) is 0 Å². The minimum atomic E-state index is -0.472. The van der Waals surface area contributed by atoms with E-state index in [2.05, 4.69) is 10.3 Å². The standard InChI is InChI=1S/C11H18N4O/c12-6-2-1-3-10(13)11(16)15-9-4-7-14-8-5-9/h4-5,7-8,10H,1-3,6,12-13H2,(H,14,15,16)/t10-/m0/s1. The van der Waals surface area contributed by atoms with Gasteiger partial charge in [-0.05, 0) is 31.5 Å². The molecule has 1 amide bonds. The Morgan fingerprint density at radius 2 is 2.06 bits per heavy atom. The van der Waals surface area contributed by atoms with Gasteiger partial charge < -0.3 is 16.8 Å². The zero-order chi connectivity index (χ0) is 11.8. The molecule has 88 valence electrons. The van der Waals surface area contributed by atoms with E-state index >= 15 is 0 Å². The van der Waals surface area contributed by atoms with Crippen molar-refractivity contribution < 1.29 is 4.79 Å². The number of carbonyl (C=O) groups is 1. The molecule has 1 aromatic rings. The summed E-state index contributed by atoms with van der Waals surface area (Å²) in [6.45, 7) is 0.638. The molecule has 0 aromatic carbocycles. The van der Waals surface area contributed by atoms with E-state index < -0.39 is 6.04 Å². The number of carbonyl (C=O) groups excluding carboxylic acids is 1. The maximum Gasteiger partial charge on any atom is 0.241 e. The van der Waals surface area contributed by atoms with Crippen molar-refractivity contribution in [2.45, 2.75) is 25.3 Å². The molecule has 16 heavy (non-hydrogen) atoms. The summed E-state index contributed by atoms with van der Waals surface area (Å²) in [7, 11) is 0. The molecule has 0 radical (unpaired) electrons. The third kappa shape index (κ3) is 4.37. The van der Waals surface area contributed by atoms with E-state index in [9.17, 15) is 4.79 Å². The van der Waals surface area contributed by atoms with Gasteiger partial charge in [-0.2, -0.15) is 0 Å². The average Bonchev–Trinajstić information content (AvgIpc) is 2.30. The summed E-state index contributed by atoms with van der Waals surface area (Å²) < 4.78 is 0. The SMILES string of the molecule is NCCCC[C@H](N)C(=O)Nc1ccncc1. The van der Waals surface area contributed by atoms with Crippen molar-refractivity contribution in [3.8, 4) is 0 Å². The van der Waals surface area contributed by atoms with E-state index in [0.717, 1.165) is 12.8 Å². The molecule has 0 saturated carbocycles. The number of nitrogens with two attached hydrogens (primary N) is 2. The van der Waals surface area contributed by atoms with Crippen LogP contribution in [-0.4, -0.2) is 23.5 Å². The van der Waals surface area contributed by atoms with Gasteiger partial charge in [0.05, 0.1) is 6.04 Å². The summed E-state index contributed by atoms with van der Waals surface area (Å²) in [4.78, 5) is 15.5. The van der Waals surface area contributed by atoms with Gasteiger partial charge in [-0.25, -0.2) is 0 Å². The molecule has 0 aliphatic heterocycles. The Kier molecular flexibility index (Phi) is 5.45. The second-order valence-corrected chi connectivity index (χ2v) is 3.62. The number of unbranched alkanes of at least 4 members (excludes halogenated alkanes) is 1. The third-order valence-corrected chi connectivity index (χ3v) is 2.25. The van der Waals surface area contributed by atoms with Gasteiger partial charge in [0.15, 0.2) is 0 Å². The minimum absolute atomic E-state index is 0.164. The summed E-state index contributed by atoms with van der Waals surface area (Å²) >= 11 is 0. The van der Waals surface area contributed by atoms with E-state index in [-0.39, 0.29) is 5.91 Å². The molecular weight excluding hydrogens is 204 g/mol. The fourth-order valence-electron chi connectivity index (χ4n) is 1.31. The number of anilines is 1. The van der Waals surface area contributed by atoms with E-state index in [0.29, 0.717) is 18.7 Å². The van der Waals surface area contributed by atoms with Gasteiger partial charge in [-0.1, -0.05) is 6.42 Å². The number of nitrogens with one attached hydrogen (secondary N) is 1. The molecule has 5 N–H and O–H groups in total. The van der Waals surface area contributed by atoms with Crippen LogP contribution < -0.4 is 16.8 Å². The quantitative estimate of drug-likeness (QED) is 0.610. The van der Waals surface area contributed by atoms with Crippen LogP contribution in [0.1, 0.15) is 19.3 Å². The predicted octanol–water partition coefficient (Wildman–Crippen LogP) is 0.476. The highest BCUT2D eigenvalue weighted by Crippen LogP contribution is 2.05. The van der Waals surface area contributed by atoms with E-state index in [1.165, 1.54) is 0 Å². The molecule has 0 spiro atoms. The smallest absolute Gasteiger partial charge is 0.241 e. The summed E-state index contributed by atoms with van der Waals surface area (Å²) in [5, 5.41) is 2.73. The molecular formula is C11H18N4O. The van der Waals surface area contributed by atoms with Crippen LogP contribution in [0.5, 0.6) is 0 Å². The lowest BCUT2D eigenvalue weighted by Crippen LogP contribution is -2.35. The number of amides is 1. The maximum atomic E-state index is 11.6. The van der Waals surface area contributed by atoms with Gasteiger partial charge in [0.2, 0.25) is 5.91 Å². The lowest BCUT2D eigenvalue weighted by Gasteiger charge is -2.11. The Balaban J connectivity index is 2.34. The second kappa shape index (κ2) is 6.92. The largest absolute Gasteiger partial charge is 0.330 e.